The van der Waals surface area contributed by atoms with Crippen LogP contribution in [0.5, 0.6) is 0 Å². The number of carbonyl (C=O) groups excluding carboxylic acids is 1. The molecular formula is C19H24N2O4. The molecule has 2 saturated carbocycles. The summed E-state index contributed by atoms with van der Waals surface area (Å²) in [6.07, 6.45) is 2.80. The number of benzene rings is 1. The Morgan fingerprint density at radius 2 is 1.68 bits per heavy atom. The van der Waals surface area contributed by atoms with Crippen LogP contribution in [0.2, 0.25) is 0 Å². The number of morpholine rings is 1. The van der Waals surface area contributed by atoms with Gasteiger partial charge < -0.3 is 20.1 Å². The molecule has 6 nitrogen and oxygen atoms in total. The molecule has 3 aliphatic rings. The third-order valence-corrected chi connectivity index (χ3v) is 6.02. The Morgan fingerprint density at radius 1 is 1.04 bits per heavy atom. The highest BCUT2D eigenvalue weighted by Gasteiger charge is 2.53. The number of hydrogen-bond donors (Lipinski definition) is 2. The summed E-state index contributed by atoms with van der Waals surface area (Å²) >= 11 is 0. The minimum atomic E-state index is -0.824. The van der Waals surface area contributed by atoms with E-state index < -0.39 is 17.8 Å². The van der Waals surface area contributed by atoms with Crippen LogP contribution in [-0.2, 0) is 14.3 Å². The van der Waals surface area contributed by atoms with Crippen LogP contribution < -0.4 is 10.2 Å². The molecule has 1 amide bonds. The van der Waals surface area contributed by atoms with Gasteiger partial charge >= 0.3 is 5.97 Å². The summed E-state index contributed by atoms with van der Waals surface area (Å²) in [6, 6.07) is 7.78. The van der Waals surface area contributed by atoms with Crippen LogP contribution in [0, 0.1) is 23.7 Å². The van der Waals surface area contributed by atoms with Crippen molar-refractivity contribution in [3.63, 3.8) is 0 Å². The van der Waals surface area contributed by atoms with E-state index in [1.54, 1.807) is 0 Å². The second kappa shape index (κ2) is 6.67. The standard InChI is InChI=1S/C19H24N2O4/c22-18(16-12-1-2-13(11-12)17(16)19(23)24)20-14-3-5-15(6-4-14)21-7-9-25-10-8-21/h3-6,12-13,16-17H,1-2,7-11H2,(H,20,22)(H,23,24)/t12-,13+,16-,17+/m1/s1. The Morgan fingerprint density at radius 3 is 2.32 bits per heavy atom. The molecule has 6 heteroatoms. The van der Waals surface area contributed by atoms with E-state index >= 15 is 0 Å². The number of nitrogens with zero attached hydrogens (tertiary/aromatic N) is 1. The fourth-order valence-corrected chi connectivity index (χ4v) is 4.83. The average molecular weight is 344 g/mol. The minimum absolute atomic E-state index is 0.140. The zero-order valence-electron chi connectivity index (χ0n) is 14.2. The molecule has 2 bridgehead atoms. The monoisotopic (exact) mass is 344 g/mol. The van der Waals surface area contributed by atoms with Gasteiger partial charge in [0.25, 0.3) is 0 Å². The second-order valence-electron chi connectivity index (χ2n) is 7.36. The largest absolute Gasteiger partial charge is 0.481 e. The van der Waals surface area contributed by atoms with Gasteiger partial charge in [-0.25, -0.2) is 0 Å². The van der Waals surface area contributed by atoms with E-state index in [-0.39, 0.29) is 17.7 Å². The Labute approximate surface area is 147 Å². The molecule has 1 aliphatic heterocycles. The Bertz CT molecular complexity index is 654. The lowest BCUT2D eigenvalue weighted by Gasteiger charge is -2.29. The maximum Gasteiger partial charge on any atom is 0.307 e. The first-order valence-corrected chi connectivity index (χ1v) is 9.10. The number of carboxylic acid groups (broad SMARTS) is 1. The van der Waals surface area contributed by atoms with Gasteiger partial charge in [-0.3, -0.25) is 9.59 Å². The number of hydrogen-bond acceptors (Lipinski definition) is 4. The third-order valence-electron chi connectivity index (χ3n) is 6.02. The van der Waals surface area contributed by atoms with Crippen LogP contribution in [0.1, 0.15) is 19.3 Å². The summed E-state index contributed by atoms with van der Waals surface area (Å²) in [5.41, 5.74) is 1.85. The van der Waals surface area contributed by atoms with Crippen molar-refractivity contribution in [1.82, 2.24) is 0 Å². The molecule has 1 aromatic carbocycles. The van der Waals surface area contributed by atoms with Crippen molar-refractivity contribution in [2.75, 3.05) is 36.5 Å². The van der Waals surface area contributed by atoms with Gasteiger partial charge in [0.05, 0.1) is 25.0 Å². The van der Waals surface area contributed by atoms with Crippen molar-refractivity contribution in [3.8, 4) is 0 Å². The van der Waals surface area contributed by atoms with Crippen molar-refractivity contribution >= 4 is 23.3 Å². The average Bonchev–Trinajstić information content (AvgIpc) is 3.24. The maximum absolute atomic E-state index is 12.7. The smallest absolute Gasteiger partial charge is 0.307 e. The number of ether oxygens (including phenoxy) is 1. The summed E-state index contributed by atoms with van der Waals surface area (Å²) in [5, 5.41) is 12.4. The molecule has 1 saturated heterocycles. The lowest BCUT2D eigenvalue weighted by Crippen LogP contribution is -2.38. The Hall–Kier alpha value is -2.08. The molecular weight excluding hydrogens is 320 g/mol. The van der Waals surface area contributed by atoms with Crippen molar-refractivity contribution in [2.45, 2.75) is 19.3 Å². The normalized spacial score (nSPS) is 31.1. The highest BCUT2D eigenvalue weighted by Crippen LogP contribution is 2.52. The topological polar surface area (TPSA) is 78.9 Å². The van der Waals surface area contributed by atoms with E-state index in [9.17, 15) is 14.7 Å². The van der Waals surface area contributed by atoms with Crippen LogP contribution in [0.4, 0.5) is 11.4 Å². The van der Waals surface area contributed by atoms with Gasteiger partial charge in [-0.1, -0.05) is 0 Å². The number of nitrogens with one attached hydrogen (secondary N) is 1. The van der Waals surface area contributed by atoms with Crippen LogP contribution in [-0.4, -0.2) is 43.3 Å². The molecule has 2 N–H and O–H groups in total. The molecule has 0 spiro atoms. The Kier molecular flexibility index (Phi) is 4.37. The predicted molar refractivity (Wildman–Crippen MR) is 93.6 cm³/mol. The van der Waals surface area contributed by atoms with Crippen molar-refractivity contribution in [1.29, 1.82) is 0 Å². The number of anilines is 2. The SMILES string of the molecule is O=C(Nc1ccc(N2CCOCC2)cc1)[C@@H]1[C@@H]2CC[C@@H](C2)[C@@H]1C(=O)O. The fraction of sp³-hybridized carbons (Fsp3) is 0.579. The van der Waals surface area contributed by atoms with E-state index in [2.05, 4.69) is 10.2 Å². The first-order chi connectivity index (χ1) is 12.1. The van der Waals surface area contributed by atoms with Crippen LogP contribution in [0.15, 0.2) is 24.3 Å². The van der Waals surface area contributed by atoms with E-state index in [1.165, 1.54) is 0 Å². The van der Waals surface area contributed by atoms with Gasteiger partial charge in [0.15, 0.2) is 0 Å². The first kappa shape index (κ1) is 16.4. The quantitative estimate of drug-likeness (QED) is 0.875. The lowest BCUT2D eigenvalue weighted by atomic mass is 9.78. The molecule has 0 radical (unpaired) electrons. The molecule has 4 atom stereocenters. The van der Waals surface area contributed by atoms with Crippen LogP contribution in [0.3, 0.4) is 0 Å². The highest BCUT2D eigenvalue weighted by atomic mass is 16.5. The molecule has 0 unspecified atom stereocenters. The van der Waals surface area contributed by atoms with Crippen LogP contribution >= 0.6 is 0 Å². The summed E-state index contributed by atoms with van der Waals surface area (Å²) in [6.45, 7) is 3.22. The molecule has 0 aromatic heterocycles. The zero-order valence-corrected chi connectivity index (χ0v) is 14.2. The van der Waals surface area contributed by atoms with Crippen molar-refractivity contribution < 1.29 is 19.4 Å². The molecule has 1 aromatic rings. The summed E-state index contributed by atoms with van der Waals surface area (Å²) in [7, 11) is 0. The second-order valence-corrected chi connectivity index (χ2v) is 7.36. The van der Waals surface area contributed by atoms with Gasteiger partial charge in [-0.2, -0.15) is 0 Å². The number of carboxylic acids is 1. The highest BCUT2D eigenvalue weighted by molar-refractivity contribution is 5.96. The minimum Gasteiger partial charge on any atom is -0.481 e. The first-order valence-electron chi connectivity index (χ1n) is 9.10. The van der Waals surface area contributed by atoms with Gasteiger partial charge in [-0.15, -0.1) is 0 Å². The number of aliphatic carboxylic acids is 1. The molecule has 3 fully saturated rings. The van der Waals surface area contributed by atoms with Gasteiger partial charge in [-0.05, 0) is 55.4 Å². The van der Waals surface area contributed by atoms with E-state index in [1.807, 2.05) is 24.3 Å². The van der Waals surface area contributed by atoms with Gasteiger partial charge in [0.2, 0.25) is 5.91 Å². The number of fused-ring (bicyclic) bond motifs is 2. The summed E-state index contributed by atoms with van der Waals surface area (Å²) in [5.74, 6) is -1.49. The number of amides is 1. The Balaban J connectivity index is 1.43. The third kappa shape index (κ3) is 3.11. The van der Waals surface area contributed by atoms with Gasteiger partial charge in [0, 0.05) is 24.5 Å². The van der Waals surface area contributed by atoms with E-state index in [0.717, 1.165) is 56.9 Å². The molecule has 4 rings (SSSR count). The molecule has 134 valence electrons. The van der Waals surface area contributed by atoms with E-state index in [0.29, 0.717) is 0 Å². The molecule has 25 heavy (non-hydrogen) atoms. The molecule has 2 aliphatic carbocycles. The van der Waals surface area contributed by atoms with Crippen LogP contribution in [0.25, 0.3) is 0 Å². The zero-order chi connectivity index (χ0) is 17.4. The lowest BCUT2D eigenvalue weighted by molar-refractivity contribution is -0.148. The van der Waals surface area contributed by atoms with Crippen molar-refractivity contribution in [2.24, 2.45) is 23.7 Å². The fourth-order valence-electron chi connectivity index (χ4n) is 4.83. The maximum atomic E-state index is 12.7. The summed E-state index contributed by atoms with van der Waals surface area (Å²) < 4.78 is 5.36. The predicted octanol–water partition coefficient (Wildman–Crippen LogP) is 2.21. The number of rotatable bonds is 4. The molecule has 1 heterocycles. The van der Waals surface area contributed by atoms with E-state index in [4.69, 9.17) is 4.74 Å². The van der Waals surface area contributed by atoms with Gasteiger partial charge in [0.1, 0.15) is 0 Å². The van der Waals surface area contributed by atoms with Crippen molar-refractivity contribution in [3.05, 3.63) is 24.3 Å². The number of carbonyl (C=O) groups is 2. The summed E-state index contributed by atoms with van der Waals surface area (Å²) in [4.78, 5) is 26.5.